The molecule has 1 saturated heterocycles. The Morgan fingerprint density at radius 3 is 2.72 bits per heavy atom. The van der Waals surface area contributed by atoms with Crippen molar-refractivity contribution >= 4 is 23.4 Å². The third kappa shape index (κ3) is 4.60. The Kier molecular flexibility index (Phi) is 5.67. The molecule has 29 heavy (non-hydrogen) atoms. The van der Waals surface area contributed by atoms with Crippen molar-refractivity contribution in [2.45, 2.75) is 32.4 Å². The second-order valence-electron chi connectivity index (χ2n) is 7.33. The van der Waals surface area contributed by atoms with Crippen LogP contribution in [0.15, 0.2) is 23.1 Å². The van der Waals surface area contributed by atoms with E-state index in [2.05, 4.69) is 25.6 Å². The monoisotopic (exact) mass is 412 g/mol. The molecule has 0 unspecified atom stereocenters. The summed E-state index contributed by atoms with van der Waals surface area (Å²) in [6.07, 6.45) is -0.181. The maximum absolute atomic E-state index is 13.0. The molecule has 1 atom stereocenters. The molecule has 1 aliphatic carbocycles. The van der Waals surface area contributed by atoms with Gasteiger partial charge in [-0.15, -0.1) is 0 Å². The second kappa shape index (κ2) is 7.88. The van der Waals surface area contributed by atoms with Crippen molar-refractivity contribution in [1.29, 1.82) is 0 Å². The highest BCUT2D eigenvalue weighted by Gasteiger charge is 2.41. The van der Waals surface area contributed by atoms with E-state index >= 15 is 0 Å². The zero-order valence-corrected chi connectivity index (χ0v) is 16.1. The number of hydrogen-bond donors (Lipinski definition) is 3. The van der Waals surface area contributed by atoms with Crippen molar-refractivity contribution in [2.24, 2.45) is 22.1 Å². The number of nitrogens with two attached hydrogens (primary N) is 1. The van der Waals surface area contributed by atoms with Crippen LogP contribution < -0.4 is 16.4 Å². The molecule has 11 heteroatoms. The van der Waals surface area contributed by atoms with Crippen LogP contribution in [-0.2, 0) is 15.7 Å². The molecule has 2 fully saturated rings. The molecule has 8 nitrogen and oxygen atoms in total. The lowest BCUT2D eigenvalue weighted by molar-refractivity contribution is -0.145. The van der Waals surface area contributed by atoms with E-state index in [1.54, 1.807) is 6.92 Å². The summed E-state index contributed by atoms with van der Waals surface area (Å²) in [7, 11) is 1.35. The van der Waals surface area contributed by atoms with E-state index in [9.17, 15) is 18.0 Å². The normalized spacial score (nSPS) is 23.1. The third-order valence-corrected chi connectivity index (χ3v) is 4.96. The van der Waals surface area contributed by atoms with Gasteiger partial charge in [-0.3, -0.25) is 9.79 Å². The first-order valence-corrected chi connectivity index (χ1v) is 9.21. The average Bonchev–Trinajstić information content (AvgIpc) is 3.45. The molecule has 1 aromatic rings. The summed E-state index contributed by atoms with van der Waals surface area (Å²) < 4.78 is 44.1. The highest BCUT2D eigenvalue weighted by molar-refractivity contribution is 6.05. The number of carbonyl (C=O) groups excluding carboxylic acids is 1. The molecule has 0 aromatic carbocycles. The summed E-state index contributed by atoms with van der Waals surface area (Å²) in [5.74, 6) is -0.514. The van der Waals surface area contributed by atoms with Crippen molar-refractivity contribution in [1.82, 2.24) is 9.97 Å². The Labute approximate surface area is 165 Å². The predicted molar refractivity (Wildman–Crippen MR) is 101 cm³/mol. The average molecular weight is 412 g/mol. The number of hydrogen-bond acceptors (Lipinski definition) is 8. The molecule has 0 bridgehead atoms. The number of aliphatic imine (C=N–C) groups is 1. The lowest BCUT2D eigenvalue weighted by atomic mass is 9.89. The van der Waals surface area contributed by atoms with Crippen LogP contribution in [-0.4, -0.2) is 41.8 Å². The summed E-state index contributed by atoms with van der Waals surface area (Å²) in [5, 5.41) is 5.29. The van der Waals surface area contributed by atoms with E-state index in [-0.39, 0.29) is 30.2 Å². The van der Waals surface area contributed by atoms with Crippen LogP contribution in [0, 0.1) is 11.3 Å². The van der Waals surface area contributed by atoms with Crippen LogP contribution in [0.3, 0.4) is 0 Å². The fourth-order valence-electron chi connectivity index (χ4n) is 2.99. The van der Waals surface area contributed by atoms with Gasteiger partial charge in [-0.1, -0.05) is 0 Å². The Hall–Kier alpha value is -2.85. The zero-order chi connectivity index (χ0) is 21.2. The van der Waals surface area contributed by atoms with Crippen LogP contribution in [0.1, 0.15) is 31.7 Å². The minimum absolute atomic E-state index is 0.0427. The fourth-order valence-corrected chi connectivity index (χ4v) is 2.99. The summed E-state index contributed by atoms with van der Waals surface area (Å²) in [4.78, 5) is 24.2. The molecule has 1 saturated carbocycles. The molecule has 0 amide bonds. The topological polar surface area (TPSA) is 115 Å². The smallest absolute Gasteiger partial charge is 0.421 e. The van der Waals surface area contributed by atoms with E-state index < -0.39 is 17.2 Å². The number of nitrogens with one attached hydrogen (secondary N) is 2. The van der Waals surface area contributed by atoms with Gasteiger partial charge in [0.05, 0.1) is 30.0 Å². The number of anilines is 2. The van der Waals surface area contributed by atoms with Gasteiger partial charge in [-0.05, 0) is 26.2 Å². The van der Waals surface area contributed by atoms with Gasteiger partial charge in [0.15, 0.2) is 0 Å². The van der Waals surface area contributed by atoms with E-state index in [0.29, 0.717) is 30.6 Å². The second-order valence-corrected chi connectivity index (χ2v) is 7.33. The molecular weight excluding hydrogens is 389 g/mol. The van der Waals surface area contributed by atoms with Crippen molar-refractivity contribution < 1.29 is 22.7 Å². The van der Waals surface area contributed by atoms with Crippen LogP contribution in [0.4, 0.5) is 24.9 Å². The number of halogens is 3. The molecule has 2 aliphatic rings. The van der Waals surface area contributed by atoms with Crippen LogP contribution in [0.25, 0.3) is 0 Å². The summed E-state index contributed by atoms with van der Waals surface area (Å²) in [6, 6.07) is 0. The van der Waals surface area contributed by atoms with Gasteiger partial charge in [0.25, 0.3) is 0 Å². The number of carbonyl (C=O) groups is 1. The fraction of sp³-hybridized carbons (Fsp3) is 0.556. The number of ether oxygens (including phenoxy) is 1. The number of allylic oxidation sites excluding steroid dienone is 1. The molecule has 1 aromatic heterocycles. The lowest BCUT2D eigenvalue weighted by Crippen LogP contribution is -2.27. The minimum atomic E-state index is -4.57. The highest BCUT2D eigenvalue weighted by Crippen LogP contribution is 2.36. The van der Waals surface area contributed by atoms with Crippen molar-refractivity contribution in [3.05, 3.63) is 23.7 Å². The summed E-state index contributed by atoms with van der Waals surface area (Å²) in [5.41, 5.74) is 5.16. The Balaban J connectivity index is 1.82. The molecule has 2 heterocycles. The third-order valence-electron chi connectivity index (χ3n) is 4.96. The Morgan fingerprint density at radius 2 is 2.21 bits per heavy atom. The molecule has 1 aliphatic heterocycles. The number of alkyl halides is 3. The summed E-state index contributed by atoms with van der Waals surface area (Å²) in [6.45, 7) is 2.41. The van der Waals surface area contributed by atoms with Crippen LogP contribution in [0.2, 0.25) is 0 Å². The van der Waals surface area contributed by atoms with Crippen molar-refractivity contribution in [3.8, 4) is 0 Å². The first kappa shape index (κ1) is 20.9. The van der Waals surface area contributed by atoms with Crippen LogP contribution >= 0.6 is 0 Å². The van der Waals surface area contributed by atoms with Gasteiger partial charge in [0.1, 0.15) is 11.4 Å². The Morgan fingerprint density at radius 1 is 1.48 bits per heavy atom. The molecule has 0 spiro atoms. The zero-order valence-electron chi connectivity index (χ0n) is 16.1. The highest BCUT2D eigenvalue weighted by atomic mass is 19.4. The number of aromatic nitrogens is 2. The number of cyclic esters (lactones) is 1. The van der Waals surface area contributed by atoms with Crippen molar-refractivity contribution in [3.63, 3.8) is 0 Å². The molecule has 158 valence electrons. The number of esters is 1. The largest absolute Gasteiger partial charge is 0.465 e. The lowest BCUT2D eigenvalue weighted by Gasteiger charge is -2.18. The predicted octanol–water partition coefficient (Wildman–Crippen LogP) is 2.55. The Bertz CT molecular complexity index is 850. The van der Waals surface area contributed by atoms with Gasteiger partial charge < -0.3 is 21.1 Å². The van der Waals surface area contributed by atoms with Gasteiger partial charge in [0, 0.05) is 25.4 Å². The van der Waals surface area contributed by atoms with Gasteiger partial charge in [0.2, 0.25) is 5.95 Å². The van der Waals surface area contributed by atoms with E-state index in [1.165, 1.54) is 13.2 Å². The molecule has 3 rings (SSSR count). The van der Waals surface area contributed by atoms with E-state index in [1.807, 2.05) is 0 Å². The molecule has 4 N–H and O–H groups in total. The number of nitrogens with zero attached hydrogens (tertiary/aromatic N) is 3. The first-order chi connectivity index (χ1) is 13.7. The van der Waals surface area contributed by atoms with Gasteiger partial charge in [-0.25, -0.2) is 4.98 Å². The minimum Gasteiger partial charge on any atom is -0.465 e. The van der Waals surface area contributed by atoms with E-state index in [4.69, 9.17) is 10.5 Å². The number of rotatable bonds is 7. The maximum Gasteiger partial charge on any atom is 0.421 e. The van der Waals surface area contributed by atoms with E-state index in [0.717, 1.165) is 12.8 Å². The van der Waals surface area contributed by atoms with Crippen molar-refractivity contribution in [2.75, 3.05) is 30.8 Å². The maximum atomic E-state index is 13.0. The van der Waals surface area contributed by atoms with Gasteiger partial charge in [-0.2, -0.15) is 18.2 Å². The standard InChI is InChI=1S/C18H23F3N6O2/c1-17(5-6-29-15(17)28)9-25-13(10-3-4-10)12(7-22)26-16-24-8-11(18(19,20)21)14(23-2)27-16/h7-8,10H,3-6,9,22H2,1-2H3,(H2,23,24,26,27)/b12-7+,25-13?/t17-/m1/s1. The summed E-state index contributed by atoms with van der Waals surface area (Å²) >= 11 is 0. The first-order valence-electron chi connectivity index (χ1n) is 9.21. The van der Waals surface area contributed by atoms with Gasteiger partial charge >= 0.3 is 12.1 Å². The molecular formula is C18H23F3N6O2. The molecule has 0 radical (unpaired) electrons. The van der Waals surface area contributed by atoms with Crippen LogP contribution in [0.5, 0.6) is 0 Å². The quantitative estimate of drug-likeness (QED) is 0.466. The SMILES string of the molecule is CNc1nc(N/C(=C/N)C(=NC[C@@]2(C)CCOC2=O)C2CC2)ncc1C(F)(F)F.